The van der Waals surface area contributed by atoms with Gasteiger partial charge in [0.15, 0.2) is 46.0 Å². The van der Waals surface area contributed by atoms with E-state index in [0.29, 0.717) is 34.0 Å². The normalized spacial score (nSPS) is 17.5. The van der Waals surface area contributed by atoms with Gasteiger partial charge in [0.05, 0.1) is 22.5 Å². The maximum Gasteiger partial charge on any atom is 0.330 e. The van der Waals surface area contributed by atoms with Gasteiger partial charge >= 0.3 is 13.7 Å². The highest BCUT2D eigenvalue weighted by atomic mass is 16.7. The lowest BCUT2D eigenvalue weighted by Crippen LogP contribution is -2.60. The smallest absolute Gasteiger partial charge is 0.330 e. The lowest BCUT2D eigenvalue weighted by molar-refractivity contribution is -0.0864. The van der Waals surface area contributed by atoms with Gasteiger partial charge in [-0.25, -0.2) is 0 Å². The number of hydrogen-bond acceptors (Lipinski definition) is 10. The van der Waals surface area contributed by atoms with Crippen LogP contribution in [0.4, 0.5) is 45.5 Å². The van der Waals surface area contributed by atoms with Crippen molar-refractivity contribution in [3.05, 3.63) is 408 Å². The van der Waals surface area contributed by atoms with E-state index in [0.717, 1.165) is 67.1 Å². The summed E-state index contributed by atoms with van der Waals surface area (Å²) in [5.41, 5.74) is 8.68. The fraction of sp³-hybridized carbons (Fsp3) is 0.158. The summed E-state index contributed by atoms with van der Waals surface area (Å²) in [5, 5.41) is 0. The molecule has 0 unspecified atom stereocenters. The molecule has 4 aliphatic rings. The monoisotopic (exact) mass is 1660 g/mol. The summed E-state index contributed by atoms with van der Waals surface area (Å²) >= 11 is 0. The van der Waals surface area contributed by atoms with Crippen LogP contribution in [0.15, 0.2) is 364 Å². The minimum absolute atomic E-state index is 0.0114. The number of aryl methyl sites for hydroxylation is 2. The number of hydrogen-bond donors (Lipinski definition) is 0. The van der Waals surface area contributed by atoms with Crippen LogP contribution >= 0.6 is 0 Å². The zero-order valence-electron chi connectivity index (χ0n) is 89.0. The number of ether oxygens (including phenoxy) is 6. The fourth-order valence-corrected chi connectivity index (χ4v) is 18.7. The number of nitrogens with zero attached hydrogens (tertiary/aromatic N) is 4. The summed E-state index contributed by atoms with van der Waals surface area (Å²) in [5.74, 6) is -1.40. The van der Waals surface area contributed by atoms with Gasteiger partial charge in [0.25, 0.3) is 0 Å². The highest BCUT2D eigenvalue weighted by molar-refractivity contribution is 6.90. The Bertz CT molecular complexity index is 7120. The number of anilines is 8. The zero-order valence-corrected chi connectivity index (χ0v) is 71.0. The van der Waals surface area contributed by atoms with E-state index in [4.69, 9.17) is 44.9 Å². The van der Waals surface area contributed by atoms with Crippen molar-refractivity contribution >= 4 is 81.0 Å². The third-order valence-electron chi connectivity index (χ3n) is 24.1. The minimum Gasteiger partial charge on any atom is -0.449 e. The minimum atomic E-state index is -3.14. The van der Waals surface area contributed by atoms with Crippen molar-refractivity contribution < 1.29 is 53.1 Å². The zero-order chi connectivity index (χ0) is 102. The Morgan fingerprint density at radius 3 is 1.06 bits per heavy atom. The molecule has 0 aromatic heterocycles. The van der Waals surface area contributed by atoms with Crippen molar-refractivity contribution in [3.63, 3.8) is 0 Å². The van der Waals surface area contributed by atoms with Gasteiger partial charge in [-0.15, -0.1) is 0 Å². The predicted octanol–water partition coefficient (Wildman–Crippen LogP) is 27.2. The molecule has 0 amide bonds. The van der Waals surface area contributed by atoms with Gasteiger partial charge in [-0.2, -0.15) is 0 Å². The first-order valence-electron chi connectivity index (χ1n) is 51.3. The van der Waals surface area contributed by atoms with Crippen molar-refractivity contribution in [2.45, 2.75) is 119 Å². The van der Waals surface area contributed by atoms with Crippen molar-refractivity contribution in [3.8, 4) is 90.5 Å². The predicted molar refractivity (Wildman–Crippen MR) is 523 cm³/mol. The quantitative estimate of drug-likeness (QED) is 0.124. The van der Waals surface area contributed by atoms with Crippen molar-refractivity contribution in [2.24, 2.45) is 0 Å². The number of fused-ring (bicyclic) bond motifs is 8. The molecular formula is C114H102B2N4O6. The van der Waals surface area contributed by atoms with Crippen molar-refractivity contribution in [1.29, 1.82) is 0 Å². The maximum atomic E-state index is 9.70. The van der Waals surface area contributed by atoms with Crippen LogP contribution in [0.3, 0.4) is 0 Å². The molecule has 20 rings (SSSR count). The lowest BCUT2D eigenvalue weighted by Gasteiger charge is -2.49. The summed E-state index contributed by atoms with van der Waals surface area (Å²) in [6, 6.07) is 114. The molecule has 0 atom stereocenters. The van der Waals surface area contributed by atoms with E-state index < -0.39 is 74.9 Å². The fourth-order valence-electron chi connectivity index (χ4n) is 18.7. The standard InChI is InChI=1S/C68H60B2N4.C46H42O6/c1-49-55(37-27-47-61(49)71-64-44-24-22-42-60(64)70(52-31-13-8-14-32-52)73(53-33-15-9-16-34-53)63-43-23-20-40-58(63)68(71,5)6)56-38-28-48-62(50(56)2)72-65-45-25-26-46-66(65)74(54-35-17-10-18-36-54)69(51-29-11-7-12-30-51)59-41-21-19-39-57(59)67(72,3)4;1-27-23-25-31(29(3)41(27)33-15-13-21-39-43(33)47-35-17-9-11-19-37(35)49-45(5,6)51-39)32-26-24-28(2)42(30(32)4)34-16-14-22-40-44(34)48-36-18-10-12-20-38(36)50-46(7,8)52-40/h7-48H,1-6H3;9-26H,1-8H3/i1D3,2D3;1D3,2D3,3D3,4D3. The molecule has 126 heavy (non-hydrogen) atoms. The average molecular weight is 1660 g/mol. The molecule has 0 aliphatic carbocycles. The Labute approximate surface area is 768 Å². The van der Waals surface area contributed by atoms with E-state index in [1.807, 2.05) is 84.9 Å². The third-order valence-corrected chi connectivity index (χ3v) is 24.1. The summed E-state index contributed by atoms with van der Waals surface area (Å²) < 4.78 is 203. The van der Waals surface area contributed by atoms with Crippen LogP contribution in [0.25, 0.3) is 44.5 Å². The second-order valence-corrected chi connectivity index (χ2v) is 33.8. The van der Waals surface area contributed by atoms with E-state index in [2.05, 4.69) is 205 Å². The van der Waals surface area contributed by atoms with Gasteiger partial charge in [-0.3, -0.25) is 0 Å². The van der Waals surface area contributed by atoms with Crippen LogP contribution < -0.4 is 69.7 Å². The van der Waals surface area contributed by atoms with Crippen LogP contribution in [-0.4, -0.2) is 25.3 Å². The van der Waals surface area contributed by atoms with E-state index in [9.17, 15) is 8.22 Å². The maximum absolute atomic E-state index is 9.70. The van der Waals surface area contributed by atoms with E-state index in [1.165, 1.54) is 36.4 Å². The molecule has 0 spiro atoms. The molecule has 4 aliphatic heterocycles. The van der Waals surface area contributed by atoms with E-state index in [1.54, 1.807) is 113 Å². The van der Waals surface area contributed by atoms with Crippen molar-refractivity contribution in [2.75, 3.05) is 19.4 Å². The van der Waals surface area contributed by atoms with Crippen LogP contribution in [0.1, 0.15) is 125 Å². The van der Waals surface area contributed by atoms with Gasteiger partial charge in [0.2, 0.25) is 11.6 Å². The molecule has 0 saturated heterocycles. The first kappa shape index (κ1) is 62.7. The highest BCUT2D eigenvalue weighted by Gasteiger charge is 2.46. The summed E-state index contributed by atoms with van der Waals surface area (Å²) in [7, 11) is 0. The van der Waals surface area contributed by atoms with Gasteiger partial charge in [0, 0.05) is 97.6 Å². The Morgan fingerprint density at radius 1 is 0.246 bits per heavy atom. The molecule has 0 radical (unpaired) electrons. The Kier molecular flexibility index (Phi) is 16.3. The van der Waals surface area contributed by atoms with Gasteiger partial charge in [0.1, 0.15) is 0 Å². The number of benzene rings is 16. The first-order valence-corrected chi connectivity index (χ1v) is 42.3. The Balaban J connectivity index is 0.000000187. The van der Waals surface area contributed by atoms with Gasteiger partial charge in [-0.1, -0.05) is 278 Å². The van der Waals surface area contributed by atoms with E-state index in [-0.39, 0.29) is 104 Å². The molecule has 12 heteroatoms. The van der Waals surface area contributed by atoms with Gasteiger partial charge in [-0.05, 0) is 255 Å². The molecule has 4 heterocycles. The molecular weight excluding hydrogens is 1540 g/mol. The van der Waals surface area contributed by atoms with Crippen molar-refractivity contribution in [1.82, 2.24) is 0 Å². The molecule has 620 valence electrons. The summed E-state index contributed by atoms with van der Waals surface area (Å²) in [4.78, 5) is 9.14. The number of para-hydroxylation sites is 12. The largest absolute Gasteiger partial charge is 0.449 e. The Morgan fingerprint density at radius 2 is 0.579 bits per heavy atom. The molecule has 16 aromatic rings. The second kappa shape index (κ2) is 32.7. The topological polar surface area (TPSA) is 68.3 Å². The highest BCUT2D eigenvalue weighted by Crippen LogP contribution is 2.56. The molecule has 16 aromatic carbocycles. The van der Waals surface area contributed by atoms with E-state index >= 15 is 0 Å². The number of rotatable bonds is 10. The molecule has 0 fully saturated rings. The van der Waals surface area contributed by atoms with Crippen LogP contribution in [-0.2, 0) is 11.1 Å². The molecule has 0 saturated carbocycles. The SMILES string of the molecule is [2H]C([2H])([2H])c1c(-c2cccc(N3c4ccccc4B(c4ccccc4)N(c4ccccc4)c4ccccc4C3(C)C)c2C([2H])([2H])[2H])cccc1N1c2ccccc2N(c2ccccc2)B(c2ccccc2)c2ccccc2C1(C)C.[2H]C([2H])([2H])c1ccc(-c2ccc(C([2H])([2H])[2H])c(-c3cccc4c3Oc3ccccc3OC(C)(C)O4)c2C([2H])([2H])[2H])c(C([2H])([2H])[2H])c1-c1cccc2c1Oc1ccccc1OC(C)(C)O2. The molecule has 0 bridgehead atoms. The molecule has 0 N–H and O–H groups in total. The molecule has 10 nitrogen and oxygen atoms in total. The van der Waals surface area contributed by atoms with Crippen LogP contribution in [0.5, 0.6) is 46.0 Å². The van der Waals surface area contributed by atoms with Crippen LogP contribution in [0, 0.1) is 41.1 Å². The first-order chi connectivity index (χ1) is 68.3. The average Bonchev–Trinajstić information content (AvgIpc) is 0.722. The van der Waals surface area contributed by atoms with Crippen LogP contribution in [0.2, 0.25) is 0 Å². The lowest BCUT2D eigenvalue weighted by atomic mass is 9.46. The second-order valence-electron chi connectivity index (χ2n) is 33.8. The third kappa shape index (κ3) is 14.6. The Hall–Kier alpha value is -14.4. The van der Waals surface area contributed by atoms with Gasteiger partial charge < -0.3 is 47.8 Å². The summed E-state index contributed by atoms with van der Waals surface area (Å²) in [6.07, 6.45) is 0. The summed E-state index contributed by atoms with van der Waals surface area (Å²) in [6.45, 7) is -2.95.